The van der Waals surface area contributed by atoms with Gasteiger partial charge in [-0.1, -0.05) is 13.0 Å². The van der Waals surface area contributed by atoms with E-state index in [1.807, 2.05) is 17.9 Å². The van der Waals surface area contributed by atoms with Crippen molar-refractivity contribution in [1.29, 1.82) is 0 Å². The highest BCUT2D eigenvalue weighted by Crippen LogP contribution is 2.22. The van der Waals surface area contributed by atoms with Crippen LogP contribution in [-0.4, -0.2) is 15.6 Å². The smallest absolute Gasteiger partial charge is 0.133 e. The molecule has 0 amide bonds. The number of aromatic nitrogens is 2. The Balaban J connectivity index is 2.37. The van der Waals surface area contributed by atoms with Crippen molar-refractivity contribution in [1.82, 2.24) is 9.78 Å². The summed E-state index contributed by atoms with van der Waals surface area (Å²) < 4.78 is 1.84. The van der Waals surface area contributed by atoms with Gasteiger partial charge in [-0.2, -0.15) is 5.10 Å². The molecule has 1 aromatic heterocycles. The SMILES string of the molecule is CC[C@H](Cc1cc(C)c2nn(C)cc2c1)C(C)=O. The number of hydrogen-bond donors (Lipinski definition) is 0. The third kappa shape index (κ3) is 2.45. The second-order valence-corrected chi connectivity index (χ2v) is 5.07. The molecule has 0 aliphatic rings. The molecular formula is C15H20N2O. The van der Waals surface area contributed by atoms with Crippen molar-refractivity contribution in [3.63, 3.8) is 0 Å². The van der Waals surface area contributed by atoms with Crippen LogP contribution in [0.2, 0.25) is 0 Å². The Morgan fingerprint density at radius 1 is 1.44 bits per heavy atom. The zero-order chi connectivity index (χ0) is 13.3. The molecule has 3 heteroatoms. The maximum Gasteiger partial charge on any atom is 0.133 e. The van der Waals surface area contributed by atoms with Gasteiger partial charge in [-0.05, 0) is 43.9 Å². The first-order chi connectivity index (χ1) is 8.51. The first-order valence-corrected chi connectivity index (χ1v) is 6.44. The number of nitrogens with zero attached hydrogens (tertiary/aromatic N) is 2. The molecule has 0 radical (unpaired) electrons. The van der Waals surface area contributed by atoms with E-state index in [0.29, 0.717) is 0 Å². The van der Waals surface area contributed by atoms with Gasteiger partial charge in [-0.3, -0.25) is 9.48 Å². The fraction of sp³-hybridized carbons (Fsp3) is 0.467. The summed E-state index contributed by atoms with van der Waals surface area (Å²) in [5, 5.41) is 5.60. The van der Waals surface area contributed by atoms with Crippen LogP contribution < -0.4 is 0 Å². The molecule has 0 saturated carbocycles. The zero-order valence-electron chi connectivity index (χ0n) is 11.5. The van der Waals surface area contributed by atoms with E-state index in [2.05, 4.69) is 31.1 Å². The molecular weight excluding hydrogens is 224 g/mol. The number of hydrogen-bond acceptors (Lipinski definition) is 2. The molecule has 0 bridgehead atoms. The number of carbonyl (C=O) groups excluding carboxylic acids is 1. The third-order valence-corrected chi connectivity index (χ3v) is 3.52. The summed E-state index contributed by atoms with van der Waals surface area (Å²) in [6.45, 7) is 5.83. The maximum atomic E-state index is 11.5. The molecule has 1 aromatic carbocycles. The number of aryl methyl sites for hydroxylation is 2. The lowest BCUT2D eigenvalue weighted by Crippen LogP contribution is -2.12. The van der Waals surface area contributed by atoms with E-state index < -0.39 is 0 Å². The summed E-state index contributed by atoms with van der Waals surface area (Å²) in [6, 6.07) is 4.31. The van der Waals surface area contributed by atoms with Gasteiger partial charge < -0.3 is 0 Å². The number of fused-ring (bicyclic) bond motifs is 1. The minimum Gasteiger partial charge on any atom is -0.300 e. The lowest BCUT2D eigenvalue weighted by Gasteiger charge is -2.11. The molecule has 0 fully saturated rings. The number of Topliss-reactive ketones (excluding diaryl/α,β-unsaturated/α-hetero) is 1. The summed E-state index contributed by atoms with van der Waals surface area (Å²) in [5.41, 5.74) is 3.47. The first-order valence-electron chi connectivity index (χ1n) is 6.44. The van der Waals surface area contributed by atoms with Gasteiger partial charge in [0.25, 0.3) is 0 Å². The molecule has 0 aliphatic heterocycles. The molecule has 2 rings (SSSR count). The van der Waals surface area contributed by atoms with Crippen LogP contribution in [0.3, 0.4) is 0 Å². The van der Waals surface area contributed by atoms with E-state index in [0.717, 1.165) is 23.7 Å². The van der Waals surface area contributed by atoms with Crippen molar-refractivity contribution < 1.29 is 4.79 Å². The highest BCUT2D eigenvalue weighted by molar-refractivity contribution is 5.83. The molecule has 1 atom stereocenters. The summed E-state index contributed by atoms with van der Waals surface area (Å²) in [5.74, 6) is 0.417. The molecule has 18 heavy (non-hydrogen) atoms. The second-order valence-electron chi connectivity index (χ2n) is 5.07. The number of ketones is 1. The fourth-order valence-corrected chi connectivity index (χ4v) is 2.48. The van der Waals surface area contributed by atoms with Gasteiger partial charge in [0, 0.05) is 24.5 Å². The van der Waals surface area contributed by atoms with Gasteiger partial charge in [0.2, 0.25) is 0 Å². The lowest BCUT2D eigenvalue weighted by molar-refractivity contribution is -0.120. The minimum absolute atomic E-state index is 0.138. The van der Waals surface area contributed by atoms with Crippen molar-refractivity contribution in [2.75, 3.05) is 0 Å². The van der Waals surface area contributed by atoms with E-state index in [-0.39, 0.29) is 11.7 Å². The van der Waals surface area contributed by atoms with Gasteiger partial charge in [0.15, 0.2) is 0 Å². The van der Waals surface area contributed by atoms with E-state index >= 15 is 0 Å². The highest BCUT2D eigenvalue weighted by atomic mass is 16.1. The zero-order valence-corrected chi connectivity index (χ0v) is 11.5. The van der Waals surface area contributed by atoms with Crippen LogP contribution in [-0.2, 0) is 18.3 Å². The van der Waals surface area contributed by atoms with Crippen LogP contribution in [0.4, 0.5) is 0 Å². The molecule has 0 saturated heterocycles. The van der Waals surface area contributed by atoms with Crippen LogP contribution in [0.15, 0.2) is 18.3 Å². The molecule has 2 aromatic rings. The molecule has 0 spiro atoms. The second kappa shape index (κ2) is 4.92. The summed E-state index contributed by atoms with van der Waals surface area (Å²) in [7, 11) is 1.93. The quantitative estimate of drug-likeness (QED) is 0.828. The molecule has 0 unspecified atom stereocenters. The van der Waals surface area contributed by atoms with Crippen LogP contribution in [0.1, 0.15) is 31.4 Å². The molecule has 0 aliphatic carbocycles. The van der Waals surface area contributed by atoms with Crippen LogP contribution in [0.5, 0.6) is 0 Å². The predicted molar refractivity (Wildman–Crippen MR) is 73.6 cm³/mol. The summed E-state index contributed by atoms with van der Waals surface area (Å²) in [6.07, 6.45) is 3.76. The molecule has 0 N–H and O–H groups in total. The minimum atomic E-state index is 0.138. The maximum absolute atomic E-state index is 11.5. The van der Waals surface area contributed by atoms with E-state index in [1.165, 1.54) is 11.1 Å². The summed E-state index contributed by atoms with van der Waals surface area (Å²) in [4.78, 5) is 11.5. The monoisotopic (exact) mass is 244 g/mol. The van der Waals surface area contributed by atoms with Crippen molar-refractivity contribution in [2.24, 2.45) is 13.0 Å². The topological polar surface area (TPSA) is 34.9 Å². The molecule has 1 heterocycles. The Bertz CT molecular complexity index is 583. The highest BCUT2D eigenvalue weighted by Gasteiger charge is 2.14. The number of rotatable bonds is 4. The van der Waals surface area contributed by atoms with E-state index in [9.17, 15) is 4.79 Å². The lowest BCUT2D eigenvalue weighted by atomic mass is 9.92. The molecule has 96 valence electrons. The largest absolute Gasteiger partial charge is 0.300 e. The Morgan fingerprint density at radius 3 is 2.78 bits per heavy atom. The van der Waals surface area contributed by atoms with Crippen molar-refractivity contribution in [3.05, 3.63) is 29.5 Å². The van der Waals surface area contributed by atoms with Gasteiger partial charge in [-0.25, -0.2) is 0 Å². The first kappa shape index (κ1) is 12.8. The van der Waals surface area contributed by atoms with Crippen LogP contribution in [0.25, 0.3) is 10.9 Å². The fourth-order valence-electron chi connectivity index (χ4n) is 2.48. The van der Waals surface area contributed by atoms with Crippen molar-refractivity contribution >= 4 is 16.7 Å². The Morgan fingerprint density at radius 2 is 2.17 bits per heavy atom. The Labute approximate surface area is 108 Å². The molecule has 3 nitrogen and oxygen atoms in total. The van der Waals surface area contributed by atoms with Crippen molar-refractivity contribution in [3.8, 4) is 0 Å². The standard InChI is InChI=1S/C15H20N2O/c1-5-13(11(3)18)7-12-6-10(2)15-14(8-12)9-17(4)16-15/h6,8-9,13H,5,7H2,1-4H3/t13-/m1/s1. The van der Waals surface area contributed by atoms with Gasteiger partial charge in [0.1, 0.15) is 5.78 Å². The average Bonchev–Trinajstić information content (AvgIpc) is 2.66. The normalized spacial score (nSPS) is 12.9. The number of carbonyl (C=O) groups is 1. The average molecular weight is 244 g/mol. The predicted octanol–water partition coefficient (Wildman–Crippen LogP) is 3.04. The Hall–Kier alpha value is -1.64. The van der Waals surface area contributed by atoms with Crippen LogP contribution in [0, 0.1) is 12.8 Å². The van der Waals surface area contributed by atoms with Crippen molar-refractivity contribution in [2.45, 2.75) is 33.6 Å². The summed E-state index contributed by atoms with van der Waals surface area (Å²) >= 11 is 0. The van der Waals surface area contributed by atoms with Crippen LogP contribution >= 0.6 is 0 Å². The van der Waals surface area contributed by atoms with Gasteiger partial charge >= 0.3 is 0 Å². The Kier molecular flexibility index (Phi) is 3.50. The van der Waals surface area contributed by atoms with E-state index in [1.54, 1.807) is 6.92 Å². The van der Waals surface area contributed by atoms with E-state index in [4.69, 9.17) is 0 Å². The van der Waals surface area contributed by atoms with Gasteiger partial charge in [0.05, 0.1) is 5.52 Å². The third-order valence-electron chi connectivity index (χ3n) is 3.52. The number of benzene rings is 1. The van der Waals surface area contributed by atoms with Gasteiger partial charge in [-0.15, -0.1) is 0 Å².